The Morgan fingerprint density at radius 3 is 2.68 bits per heavy atom. The topological polar surface area (TPSA) is 147 Å². The third kappa shape index (κ3) is 3.69. The molecular weight excluding hydrogens is 327 g/mol. The number of aromatic nitrogens is 1. The van der Waals surface area contributed by atoms with Gasteiger partial charge in [-0.05, 0) is 12.1 Å². The molecular formula is C10H11N4NaO6S. The molecule has 0 bridgehead atoms. The third-order valence-corrected chi connectivity index (χ3v) is 3.54. The maximum Gasteiger partial charge on any atom is 1.00 e. The second kappa shape index (κ2) is 6.81. The van der Waals surface area contributed by atoms with Crippen molar-refractivity contribution in [1.29, 1.82) is 0 Å². The van der Waals surface area contributed by atoms with Gasteiger partial charge in [0.2, 0.25) is 0 Å². The van der Waals surface area contributed by atoms with Crippen molar-refractivity contribution in [3.05, 3.63) is 22.8 Å². The van der Waals surface area contributed by atoms with Gasteiger partial charge in [0, 0.05) is 17.5 Å². The number of hydrazine groups is 1. The van der Waals surface area contributed by atoms with Crippen molar-refractivity contribution < 1.29 is 57.0 Å². The number of nitrogens with two attached hydrogens (primary N) is 1. The van der Waals surface area contributed by atoms with Crippen LogP contribution in [-0.2, 0) is 15.1 Å². The largest absolute Gasteiger partial charge is 1.00 e. The van der Waals surface area contributed by atoms with Gasteiger partial charge in [-0.3, -0.25) is 10.2 Å². The van der Waals surface area contributed by atoms with Crippen LogP contribution in [0.25, 0.3) is 12.2 Å². The number of Topliss-reactive ketones (excluding diaryl/α,β-unsaturated/α-hetero) is 1. The summed E-state index contributed by atoms with van der Waals surface area (Å²) in [5.74, 6) is -0.729. The Kier molecular flexibility index (Phi) is 5.78. The molecule has 0 aromatic carbocycles. The Morgan fingerprint density at radius 1 is 1.55 bits per heavy atom. The number of hydrogen-bond donors (Lipinski definition) is 2. The second-order valence-corrected chi connectivity index (χ2v) is 5.30. The predicted octanol–water partition coefficient (Wildman–Crippen LogP) is -6.59. The second-order valence-electron chi connectivity index (χ2n) is 4.05. The van der Waals surface area contributed by atoms with Gasteiger partial charge < -0.3 is 15.1 Å². The first kappa shape index (κ1) is 18.7. The summed E-state index contributed by atoms with van der Waals surface area (Å²) in [6, 6.07) is -1.25. The fourth-order valence-corrected chi connectivity index (χ4v) is 2.56. The van der Waals surface area contributed by atoms with Crippen LogP contribution in [0.2, 0.25) is 0 Å². The van der Waals surface area contributed by atoms with E-state index in [1.165, 1.54) is 24.1 Å². The molecule has 10 nitrogen and oxygen atoms in total. The first-order valence-corrected chi connectivity index (χ1v) is 6.91. The van der Waals surface area contributed by atoms with Crippen LogP contribution in [0, 0.1) is 0 Å². The molecule has 2 amide bonds. The fourth-order valence-electron chi connectivity index (χ4n) is 1.92. The number of fused-ring (bicyclic) bond motifs is 1. The quantitative estimate of drug-likeness (QED) is 0.317. The molecule has 0 spiro atoms. The Balaban J connectivity index is 0.00000242. The molecule has 0 saturated heterocycles. The molecule has 22 heavy (non-hydrogen) atoms. The van der Waals surface area contributed by atoms with Crippen LogP contribution in [0.4, 0.5) is 4.79 Å². The summed E-state index contributed by atoms with van der Waals surface area (Å²) in [6.45, 7) is 0. The minimum atomic E-state index is -5.13. The average molecular weight is 338 g/mol. The molecule has 1 atom stereocenters. The van der Waals surface area contributed by atoms with Crippen LogP contribution in [0.1, 0.15) is 0 Å². The van der Waals surface area contributed by atoms with Gasteiger partial charge >= 0.3 is 35.6 Å². The van der Waals surface area contributed by atoms with E-state index >= 15 is 0 Å². The van der Waals surface area contributed by atoms with Gasteiger partial charge in [-0.2, -0.15) is 4.73 Å². The molecule has 2 rings (SSSR count). The van der Waals surface area contributed by atoms with Crippen LogP contribution >= 0.6 is 0 Å². The molecule has 1 aliphatic rings. The van der Waals surface area contributed by atoms with Crippen LogP contribution in [0.5, 0.6) is 0 Å². The number of carbonyl (C=O) groups excluding carboxylic acids is 2. The summed E-state index contributed by atoms with van der Waals surface area (Å²) < 4.78 is 34.8. The van der Waals surface area contributed by atoms with Crippen molar-refractivity contribution in [2.75, 3.05) is 7.11 Å². The maximum atomic E-state index is 12.0. The smallest absolute Gasteiger partial charge is 0.734 e. The maximum absolute atomic E-state index is 12.0. The van der Waals surface area contributed by atoms with Gasteiger partial charge in [0.15, 0.2) is 16.1 Å². The van der Waals surface area contributed by atoms with Crippen LogP contribution < -0.4 is 56.1 Å². The van der Waals surface area contributed by atoms with E-state index in [1.54, 1.807) is 11.5 Å². The van der Waals surface area contributed by atoms with Gasteiger partial charge in [0.1, 0.15) is 13.2 Å². The third-order valence-electron chi connectivity index (χ3n) is 2.74. The van der Waals surface area contributed by atoms with Crippen LogP contribution in [0.3, 0.4) is 0 Å². The molecule has 3 N–H and O–H groups in total. The normalized spacial score (nSPS) is 16.9. The van der Waals surface area contributed by atoms with Crippen LogP contribution in [0.15, 0.2) is 12.3 Å². The van der Waals surface area contributed by atoms with E-state index in [2.05, 4.69) is 0 Å². The molecule has 0 aliphatic heterocycles. The summed E-state index contributed by atoms with van der Waals surface area (Å²) in [4.78, 5) is 27.8. The number of ketones is 1. The molecule has 114 valence electrons. The molecule has 0 saturated carbocycles. The zero-order valence-electron chi connectivity index (χ0n) is 11.7. The first-order valence-electron chi connectivity index (χ1n) is 5.54. The van der Waals surface area contributed by atoms with Crippen LogP contribution in [-0.4, -0.2) is 47.1 Å². The molecule has 0 radical (unpaired) electrons. The Bertz CT molecular complexity index is 817. The zero-order valence-corrected chi connectivity index (χ0v) is 14.5. The van der Waals surface area contributed by atoms with E-state index in [1.807, 2.05) is 0 Å². The van der Waals surface area contributed by atoms with Crippen molar-refractivity contribution in [1.82, 2.24) is 14.6 Å². The van der Waals surface area contributed by atoms with Crippen molar-refractivity contribution in [3.8, 4) is 0 Å². The standard InChI is InChI=1S/C10H12N4O6S.Na/c1-20-13-3-2-6-4-8(9(15)5-7(6)13)14(12-10(11)16)21(17,18)19;/h2-5,8H,1H3,(H3,11,12,16)(H,17,18,19);/q;+1/p-1. The monoisotopic (exact) mass is 338 g/mol. The van der Waals surface area contributed by atoms with Crippen molar-refractivity contribution in [2.45, 2.75) is 6.04 Å². The molecule has 1 unspecified atom stereocenters. The van der Waals surface area contributed by atoms with E-state index in [0.29, 0.717) is 10.6 Å². The van der Waals surface area contributed by atoms with Crippen molar-refractivity contribution >= 4 is 34.3 Å². The van der Waals surface area contributed by atoms with Gasteiger partial charge in [-0.25, -0.2) is 13.2 Å². The van der Waals surface area contributed by atoms with Crippen molar-refractivity contribution in [2.24, 2.45) is 5.73 Å². The Labute approximate surface area is 147 Å². The summed E-state index contributed by atoms with van der Waals surface area (Å²) >= 11 is 0. The van der Waals surface area contributed by atoms with Gasteiger partial charge in [-0.1, -0.05) is 0 Å². The summed E-state index contributed by atoms with van der Waals surface area (Å²) in [5, 5.41) is 0.849. The summed E-state index contributed by atoms with van der Waals surface area (Å²) in [7, 11) is -3.75. The number of primary amides is 1. The van der Waals surface area contributed by atoms with E-state index < -0.39 is 28.2 Å². The number of rotatable bonds is 4. The van der Waals surface area contributed by atoms with Gasteiger partial charge in [-0.15, -0.1) is 4.41 Å². The molecule has 1 aliphatic carbocycles. The Morgan fingerprint density at radius 2 is 2.18 bits per heavy atom. The predicted molar refractivity (Wildman–Crippen MR) is 68.2 cm³/mol. The van der Waals surface area contributed by atoms with Gasteiger partial charge in [0.25, 0.3) is 0 Å². The number of nitrogens with zero attached hydrogens (tertiary/aromatic N) is 2. The fraction of sp³-hybridized carbons (Fsp3) is 0.200. The zero-order chi connectivity index (χ0) is 15.8. The minimum Gasteiger partial charge on any atom is -0.734 e. The van der Waals surface area contributed by atoms with E-state index in [-0.39, 0.29) is 34.0 Å². The summed E-state index contributed by atoms with van der Waals surface area (Å²) in [6.07, 6.45) is 3.81. The molecule has 0 fully saturated rings. The number of nitrogens with one attached hydrogen (secondary N) is 1. The SMILES string of the molecule is COn1ccc2c1=CC(=O)C(N(NC(N)=O)S(=O)(=O)[O-])C=2.[Na+]. The number of carbonyl (C=O) groups is 2. The first-order chi connectivity index (χ1) is 9.74. The number of urea groups is 1. The molecule has 1 heterocycles. The average Bonchev–Trinajstić information content (AvgIpc) is 2.75. The molecule has 1 aromatic heterocycles. The molecule has 1 aromatic rings. The van der Waals surface area contributed by atoms with Gasteiger partial charge in [0.05, 0.1) is 5.35 Å². The number of amides is 2. The number of hydrogen-bond acceptors (Lipinski definition) is 6. The van der Waals surface area contributed by atoms with Crippen molar-refractivity contribution in [3.63, 3.8) is 0 Å². The van der Waals surface area contributed by atoms with E-state index in [9.17, 15) is 22.6 Å². The molecule has 12 heteroatoms. The summed E-state index contributed by atoms with van der Waals surface area (Å²) in [5.41, 5.74) is 6.44. The van der Waals surface area contributed by atoms with E-state index in [4.69, 9.17) is 10.6 Å². The minimum absolute atomic E-state index is 0. The van der Waals surface area contributed by atoms with E-state index in [0.717, 1.165) is 6.08 Å². The Hall–Kier alpha value is -1.37.